The first-order chi connectivity index (χ1) is 10.7. The highest BCUT2D eigenvalue weighted by atomic mass is 35.5. The molecule has 1 N–H and O–H groups in total. The van der Waals surface area contributed by atoms with Crippen molar-refractivity contribution in [2.24, 2.45) is 0 Å². The lowest BCUT2D eigenvalue weighted by molar-refractivity contribution is 0.238. The van der Waals surface area contributed by atoms with Crippen LogP contribution in [0.1, 0.15) is 25.8 Å². The van der Waals surface area contributed by atoms with E-state index in [0.29, 0.717) is 24.0 Å². The standard InChI is InChI=1S/C17H27ClN2O2/c1-3-21-16-13-17(22-4-2)15(18)12-14(16)6-5-9-20-10-7-19-8-11-20/h12-13,19H,3-11H2,1-2H3. The van der Waals surface area contributed by atoms with Gasteiger partial charge in [-0.05, 0) is 44.9 Å². The van der Waals surface area contributed by atoms with Gasteiger partial charge in [0.15, 0.2) is 0 Å². The van der Waals surface area contributed by atoms with Gasteiger partial charge >= 0.3 is 0 Å². The summed E-state index contributed by atoms with van der Waals surface area (Å²) < 4.78 is 11.3. The number of nitrogens with one attached hydrogen (secondary N) is 1. The van der Waals surface area contributed by atoms with E-state index < -0.39 is 0 Å². The van der Waals surface area contributed by atoms with Gasteiger partial charge in [0.1, 0.15) is 11.5 Å². The highest BCUT2D eigenvalue weighted by molar-refractivity contribution is 6.32. The number of hydrogen-bond acceptors (Lipinski definition) is 4. The van der Waals surface area contributed by atoms with Gasteiger partial charge in [0.25, 0.3) is 0 Å². The molecule has 1 aromatic rings. The molecule has 1 aliphatic heterocycles. The molecule has 4 nitrogen and oxygen atoms in total. The molecule has 0 unspecified atom stereocenters. The highest BCUT2D eigenvalue weighted by Gasteiger charge is 2.13. The van der Waals surface area contributed by atoms with Gasteiger partial charge in [-0.3, -0.25) is 0 Å². The number of halogens is 1. The lowest BCUT2D eigenvalue weighted by Gasteiger charge is -2.27. The van der Waals surface area contributed by atoms with Crippen LogP contribution in [0.4, 0.5) is 0 Å². The van der Waals surface area contributed by atoms with Crippen LogP contribution in [0.25, 0.3) is 0 Å². The van der Waals surface area contributed by atoms with Crippen LogP contribution in [0.5, 0.6) is 11.5 Å². The van der Waals surface area contributed by atoms with E-state index in [0.717, 1.165) is 51.3 Å². The maximum absolute atomic E-state index is 6.31. The van der Waals surface area contributed by atoms with E-state index in [1.165, 1.54) is 5.56 Å². The minimum atomic E-state index is 0.605. The third-order valence-corrected chi connectivity index (χ3v) is 4.14. The Morgan fingerprint density at radius 3 is 2.45 bits per heavy atom. The Labute approximate surface area is 138 Å². The molecule has 124 valence electrons. The van der Waals surface area contributed by atoms with Gasteiger partial charge in [-0.2, -0.15) is 0 Å². The number of aryl methyl sites for hydroxylation is 1. The molecule has 0 amide bonds. The van der Waals surface area contributed by atoms with Gasteiger partial charge in [0, 0.05) is 32.2 Å². The van der Waals surface area contributed by atoms with Crippen molar-refractivity contribution in [1.82, 2.24) is 10.2 Å². The fourth-order valence-corrected chi connectivity index (χ4v) is 3.00. The van der Waals surface area contributed by atoms with Crippen LogP contribution < -0.4 is 14.8 Å². The van der Waals surface area contributed by atoms with Crippen molar-refractivity contribution in [3.63, 3.8) is 0 Å². The zero-order valence-corrected chi connectivity index (χ0v) is 14.4. The van der Waals surface area contributed by atoms with Crippen molar-refractivity contribution in [3.8, 4) is 11.5 Å². The van der Waals surface area contributed by atoms with Gasteiger partial charge in [-0.15, -0.1) is 0 Å². The quantitative estimate of drug-likeness (QED) is 0.796. The van der Waals surface area contributed by atoms with Gasteiger partial charge in [-0.1, -0.05) is 11.6 Å². The molecule has 1 aliphatic rings. The van der Waals surface area contributed by atoms with Crippen LogP contribution in [-0.2, 0) is 6.42 Å². The van der Waals surface area contributed by atoms with E-state index in [1.54, 1.807) is 0 Å². The summed E-state index contributed by atoms with van der Waals surface area (Å²) in [5.41, 5.74) is 1.17. The lowest BCUT2D eigenvalue weighted by Crippen LogP contribution is -2.43. The largest absolute Gasteiger partial charge is 0.493 e. The predicted octanol–water partition coefficient (Wildman–Crippen LogP) is 2.98. The highest BCUT2D eigenvalue weighted by Crippen LogP contribution is 2.33. The smallest absolute Gasteiger partial charge is 0.141 e. The SMILES string of the molecule is CCOc1cc(OCC)c(CCCN2CCNCC2)cc1Cl. The molecule has 1 heterocycles. The molecule has 0 bridgehead atoms. The van der Waals surface area contributed by atoms with Crippen LogP contribution in [0.15, 0.2) is 12.1 Å². The van der Waals surface area contributed by atoms with Crippen molar-refractivity contribution in [2.75, 3.05) is 45.9 Å². The zero-order chi connectivity index (χ0) is 15.8. The summed E-state index contributed by atoms with van der Waals surface area (Å²) in [6, 6.07) is 3.92. The second-order valence-corrected chi connectivity index (χ2v) is 5.86. The van der Waals surface area contributed by atoms with Crippen LogP contribution in [0, 0.1) is 0 Å². The topological polar surface area (TPSA) is 33.7 Å². The van der Waals surface area contributed by atoms with Crippen molar-refractivity contribution >= 4 is 11.6 Å². The van der Waals surface area contributed by atoms with E-state index in [-0.39, 0.29) is 0 Å². The number of piperazine rings is 1. The molecule has 0 aliphatic carbocycles. The molecule has 0 saturated carbocycles. The molecule has 0 atom stereocenters. The first-order valence-electron chi connectivity index (χ1n) is 8.25. The summed E-state index contributed by atoms with van der Waals surface area (Å²) in [6.07, 6.45) is 2.09. The molecule has 5 heteroatoms. The molecule has 1 saturated heterocycles. The fraction of sp³-hybridized carbons (Fsp3) is 0.647. The molecule has 0 aromatic heterocycles. The molecule has 0 spiro atoms. The number of hydrogen-bond donors (Lipinski definition) is 1. The van der Waals surface area contributed by atoms with Crippen molar-refractivity contribution in [2.45, 2.75) is 26.7 Å². The molecule has 22 heavy (non-hydrogen) atoms. The van der Waals surface area contributed by atoms with Gasteiger partial charge in [0.05, 0.1) is 18.2 Å². The average Bonchev–Trinajstić information content (AvgIpc) is 2.53. The second-order valence-electron chi connectivity index (χ2n) is 5.45. The molecular formula is C17H27ClN2O2. The van der Waals surface area contributed by atoms with Gasteiger partial charge in [0.2, 0.25) is 0 Å². The summed E-state index contributed by atoms with van der Waals surface area (Å²) in [6.45, 7) is 10.8. The van der Waals surface area contributed by atoms with E-state index in [4.69, 9.17) is 21.1 Å². The van der Waals surface area contributed by atoms with Crippen molar-refractivity contribution < 1.29 is 9.47 Å². The fourth-order valence-electron chi connectivity index (χ4n) is 2.76. The zero-order valence-electron chi connectivity index (χ0n) is 13.7. The monoisotopic (exact) mass is 326 g/mol. The molecule has 0 radical (unpaired) electrons. The molecule has 2 rings (SSSR count). The van der Waals surface area contributed by atoms with E-state index in [1.807, 2.05) is 26.0 Å². The first kappa shape index (κ1) is 17.4. The summed E-state index contributed by atoms with van der Waals surface area (Å²) in [7, 11) is 0. The Balaban J connectivity index is 1.96. The molecule has 1 fully saturated rings. The second kappa shape index (κ2) is 9.23. The van der Waals surface area contributed by atoms with E-state index >= 15 is 0 Å². The number of benzene rings is 1. The minimum absolute atomic E-state index is 0.605. The average molecular weight is 327 g/mol. The maximum Gasteiger partial charge on any atom is 0.141 e. The van der Waals surface area contributed by atoms with Crippen LogP contribution in [0.3, 0.4) is 0 Å². The van der Waals surface area contributed by atoms with E-state index in [9.17, 15) is 0 Å². The van der Waals surface area contributed by atoms with Crippen molar-refractivity contribution in [1.29, 1.82) is 0 Å². The lowest BCUT2D eigenvalue weighted by atomic mass is 10.1. The number of rotatable bonds is 8. The Morgan fingerprint density at radius 2 is 1.77 bits per heavy atom. The molecule has 1 aromatic carbocycles. The summed E-state index contributed by atoms with van der Waals surface area (Å²) in [4.78, 5) is 2.51. The van der Waals surface area contributed by atoms with Gasteiger partial charge in [-0.25, -0.2) is 0 Å². The summed E-state index contributed by atoms with van der Waals surface area (Å²) >= 11 is 6.31. The van der Waals surface area contributed by atoms with Crippen LogP contribution in [0.2, 0.25) is 5.02 Å². The number of nitrogens with zero attached hydrogens (tertiary/aromatic N) is 1. The first-order valence-corrected chi connectivity index (χ1v) is 8.63. The molecular weight excluding hydrogens is 300 g/mol. The normalized spacial score (nSPS) is 15.8. The van der Waals surface area contributed by atoms with E-state index in [2.05, 4.69) is 10.2 Å². The summed E-state index contributed by atoms with van der Waals surface area (Å²) in [5, 5.41) is 4.05. The Kier molecular flexibility index (Phi) is 7.30. The van der Waals surface area contributed by atoms with Gasteiger partial charge < -0.3 is 19.7 Å². The third kappa shape index (κ3) is 5.04. The minimum Gasteiger partial charge on any atom is -0.493 e. The van der Waals surface area contributed by atoms with Crippen molar-refractivity contribution in [3.05, 3.63) is 22.7 Å². The third-order valence-electron chi connectivity index (χ3n) is 3.84. The Morgan fingerprint density at radius 1 is 1.09 bits per heavy atom. The number of ether oxygens (including phenoxy) is 2. The van der Waals surface area contributed by atoms with Crippen LogP contribution in [-0.4, -0.2) is 50.8 Å². The predicted molar refractivity (Wildman–Crippen MR) is 91.4 cm³/mol. The summed E-state index contributed by atoms with van der Waals surface area (Å²) in [5.74, 6) is 1.61. The maximum atomic E-state index is 6.31. The van der Waals surface area contributed by atoms with Crippen LogP contribution >= 0.6 is 11.6 Å². The Bertz CT molecular complexity index is 462. The Hall–Kier alpha value is -0.970.